The highest BCUT2D eigenvalue weighted by Crippen LogP contribution is 2.26. The Hall–Kier alpha value is -1.68. The van der Waals surface area contributed by atoms with Crippen molar-refractivity contribution < 1.29 is 4.79 Å². The molecule has 1 fully saturated rings. The van der Waals surface area contributed by atoms with Crippen molar-refractivity contribution in [2.45, 2.75) is 6.04 Å². The van der Waals surface area contributed by atoms with Gasteiger partial charge >= 0.3 is 0 Å². The Labute approximate surface area is 148 Å². The average Bonchev–Trinajstić information content (AvgIpc) is 3.10. The molecule has 1 aliphatic heterocycles. The van der Waals surface area contributed by atoms with Crippen molar-refractivity contribution in [1.82, 2.24) is 9.80 Å². The molecule has 23 heavy (non-hydrogen) atoms. The van der Waals surface area contributed by atoms with E-state index in [-0.39, 0.29) is 11.9 Å². The summed E-state index contributed by atoms with van der Waals surface area (Å²) in [5.74, 6) is 0.0515. The lowest BCUT2D eigenvalue weighted by Crippen LogP contribution is -2.49. The van der Waals surface area contributed by atoms with Crippen LogP contribution in [0.15, 0.2) is 46.3 Å². The highest BCUT2D eigenvalue weighted by Gasteiger charge is 2.27. The van der Waals surface area contributed by atoms with E-state index in [2.05, 4.69) is 26.9 Å². The van der Waals surface area contributed by atoms with Gasteiger partial charge in [-0.05, 0) is 29.6 Å². The number of amides is 1. The van der Waals surface area contributed by atoms with E-state index in [0.29, 0.717) is 18.7 Å². The van der Waals surface area contributed by atoms with Gasteiger partial charge in [0.05, 0.1) is 6.07 Å². The van der Waals surface area contributed by atoms with Crippen LogP contribution in [0.4, 0.5) is 0 Å². The van der Waals surface area contributed by atoms with E-state index in [0.717, 1.165) is 22.4 Å². The first-order chi connectivity index (χ1) is 11.2. The second-order valence-electron chi connectivity index (χ2n) is 5.39. The van der Waals surface area contributed by atoms with Gasteiger partial charge in [0.15, 0.2) is 0 Å². The second kappa shape index (κ2) is 7.26. The zero-order valence-electron chi connectivity index (χ0n) is 12.5. The number of halogens is 1. The molecule has 0 saturated carbocycles. The Morgan fingerprint density at radius 2 is 2.00 bits per heavy atom. The molecule has 6 heteroatoms. The van der Waals surface area contributed by atoms with E-state index in [1.165, 1.54) is 0 Å². The third kappa shape index (κ3) is 3.63. The highest BCUT2D eigenvalue weighted by atomic mass is 79.9. The van der Waals surface area contributed by atoms with Crippen LogP contribution in [0.1, 0.15) is 21.3 Å². The van der Waals surface area contributed by atoms with E-state index >= 15 is 0 Å². The standard InChI is InChI=1S/C17H16BrN3OS/c18-14-4-1-3-13(11-14)17(22)21-8-6-20(7-9-21)15(12-19)16-5-2-10-23-16/h1-5,10-11,15H,6-9H2. The van der Waals surface area contributed by atoms with Gasteiger partial charge in [0.1, 0.15) is 6.04 Å². The summed E-state index contributed by atoms with van der Waals surface area (Å²) in [5, 5.41) is 11.5. The van der Waals surface area contributed by atoms with Gasteiger partial charge in [-0.1, -0.05) is 28.1 Å². The van der Waals surface area contributed by atoms with Crippen LogP contribution in [0.25, 0.3) is 0 Å². The van der Waals surface area contributed by atoms with Crippen molar-refractivity contribution in [3.63, 3.8) is 0 Å². The van der Waals surface area contributed by atoms with Crippen LogP contribution >= 0.6 is 27.3 Å². The summed E-state index contributed by atoms with van der Waals surface area (Å²) < 4.78 is 0.907. The van der Waals surface area contributed by atoms with Gasteiger partial charge < -0.3 is 4.90 Å². The Morgan fingerprint density at radius 1 is 1.22 bits per heavy atom. The van der Waals surface area contributed by atoms with Crippen LogP contribution in [-0.2, 0) is 0 Å². The molecule has 4 nitrogen and oxygen atoms in total. The fourth-order valence-corrected chi connectivity index (χ4v) is 3.96. The molecule has 0 radical (unpaired) electrons. The molecule has 1 atom stereocenters. The van der Waals surface area contributed by atoms with Gasteiger partial charge in [-0.2, -0.15) is 5.26 Å². The normalized spacial score (nSPS) is 16.8. The van der Waals surface area contributed by atoms with E-state index < -0.39 is 0 Å². The fourth-order valence-electron chi connectivity index (χ4n) is 2.76. The SMILES string of the molecule is N#CC(c1cccs1)N1CCN(C(=O)c2cccc(Br)c2)CC1. The number of hydrogen-bond donors (Lipinski definition) is 0. The van der Waals surface area contributed by atoms with E-state index in [1.54, 1.807) is 11.3 Å². The monoisotopic (exact) mass is 389 g/mol. The Balaban J connectivity index is 1.64. The van der Waals surface area contributed by atoms with E-state index in [1.807, 2.05) is 46.7 Å². The lowest BCUT2D eigenvalue weighted by molar-refractivity contribution is 0.0608. The van der Waals surface area contributed by atoms with Crippen molar-refractivity contribution in [2.24, 2.45) is 0 Å². The number of carbonyl (C=O) groups excluding carboxylic acids is 1. The summed E-state index contributed by atoms with van der Waals surface area (Å²) in [6.07, 6.45) is 0. The molecule has 1 aliphatic rings. The fraction of sp³-hybridized carbons (Fsp3) is 0.294. The maximum absolute atomic E-state index is 12.6. The average molecular weight is 390 g/mol. The predicted molar refractivity (Wildman–Crippen MR) is 94.3 cm³/mol. The van der Waals surface area contributed by atoms with Gasteiger partial charge in [-0.25, -0.2) is 0 Å². The summed E-state index contributed by atoms with van der Waals surface area (Å²) in [4.78, 5) is 17.6. The molecule has 2 heterocycles. The smallest absolute Gasteiger partial charge is 0.253 e. The van der Waals surface area contributed by atoms with Crippen molar-refractivity contribution in [2.75, 3.05) is 26.2 Å². The van der Waals surface area contributed by atoms with Crippen LogP contribution in [0.3, 0.4) is 0 Å². The summed E-state index contributed by atoms with van der Waals surface area (Å²) in [6, 6.07) is 13.6. The Morgan fingerprint density at radius 3 is 2.61 bits per heavy atom. The highest BCUT2D eigenvalue weighted by molar-refractivity contribution is 9.10. The summed E-state index contributed by atoms with van der Waals surface area (Å²) in [5.41, 5.74) is 0.697. The molecular weight excluding hydrogens is 374 g/mol. The van der Waals surface area contributed by atoms with Crippen molar-refractivity contribution in [1.29, 1.82) is 5.26 Å². The molecule has 0 spiro atoms. The number of benzene rings is 1. The van der Waals surface area contributed by atoms with Crippen molar-refractivity contribution in [3.8, 4) is 6.07 Å². The first-order valence-electron chi connectivity index (χ1n) is 7.41. The number of piperazine rings is 1. The molecule has 0 aliphatic carbocycles. The number of nitriles is 1. The van der Waals surface area contributed by atoms with Crippen LogP contribution < -0.4 is 0 Å². The molecule has 1 saturated heterocycles. The van der Waals surface area contributed by atoms with Crippen LogP contribution in [0.5, 0.6) is 0 Å². The number of nitrogens with zero attached hydrogens (tertiary/aromatic N) is 3. The minimum Gasteiger partial charge on any atom is -0.336 e. The van der Waals surface area contributed by atoms with Gasteiger partial charge in [0.25, 0.3) is 5.91 Å². The summed E-state index contributed by atoms with van der Waals surface area (Å²) >= 11 is 5.01. The van der Waals surface area contributed by atoms with Crippen molar-refractivity contribution >= 4 is 33.2 Å². The molecule has 0 N–H and O–H groups in total. The first-order valence-corrected chi connectivity index (χ1v) is 9.08. The number of hydrogen-bond acceptors (Lipinski definition) is 4. The van der Waals surface area contributed by atoms with Gasteiger partial charge in [0, 0.05) is 41.1 Å². The van der Waals surface area contributed by atoms with Crippen LogP contribution in [0.2, 0.25) is 0 Å². The molecule has 1 aromatic heterocycles. The molecule has 3 rings (SSSR count). The third-order valence-corrected chi connectivity index (χ3v) is 5.39. The molecular formula is C17H16BrN3OS. The summed E-state index contributed by atoms with van der Waals surface area (Å²) in [6.45, 7) is 2.73. The number of rotatable bonds is 3. The minimum absolute atomic E-state index is 0.0515. The number of thiophene rings is 1. The topological polar surface area (TPSA) is 47.3 Å². The van der Waals surface area contributed by atoms with Gasteiger partial charge in [0.2, 0.25) is 0 Å². The lowest BCUT2D eigenvalue weighted by atomic mass is 10.1. The molecule has 1 unspecified atom stereocenters. The van der Waals surface area contributed by atoms with Gasteiger partial charge in [-0.3, -0.25) is 9.69 Å². The van der Waals surface area contributed by atoms with Crippen molar-refractivity contribution in [3.05, 3.63) is 56.7 Å². The predicted octanol–water partition coefficient (Wildman–Crippen LogP) is 3.53. The van der Waals surface area contributed by atoms with E-state index in [4.69, 9.17) is 0 Å². The zero-order chi connectivity index (χ0) is 16.2. The van der Waals surface area contributed by atoms with Crippen LogP contribution in [-0.4, -0.2) is 41.9 Å². The largest absolute Gasteiger partial charge is 0.336 e. The van der Waals surface area contributed by atoms with Gasteiger partial charge in [-0.15, -0.1) is 11.3 Å². The Kier molecular flexibility index (Phi) is 5.11. The molecule has 2 aromatic rings. The molecule has 0 bridgehead atoms. The molecule has 118 valence electrons. The zero-order valence-corrected chi connectivity index (χ0v) is 14.9. The first kappa shape index (κ1) is 16.2. The van der Waals surface area contributed by atoms with Crippen LogP contribution in [0, 0.1) is 11.3 Å². The maximum atomic E-state index is 12.6. The Bertz CT molecular complexity index is 718. The quantitative estimate of drug-likeness (QED) is 0.806. The third-order valence-electron chi connectivity index (χ3n) is 3.97. The summed E-state index contributed by atoms with van der Waals surface area (Å²) in [7, 11) is 0. The lowest BCUT2D eigenvalue weighted by Gasteiger charge is -2.36. The minimum atomic E-state index is -0.210. The van der Waals surface area contributed by atoms with E-state index in [9.17, 15) is 10.1 Å². The second-order valence-corrected chi connectivity index (χ2v) is 7.28. The molecule has 1 amide bonds. The number of carbonyl (C=O) groups is 1. The maximum Gasteiger partial charge on any atom is 0.253 e. The molecule has 1 aromatic carbocycles.